The Bertz CT molecular complexity index is 1410. The number of aryl methyl sites for hydroxylation is 5. The van der Waals surface area contributed by atoms with E-state index in [2.05, 4.69) is 16.0 Å². The second-order valence-corrected chi connectivity index (χ2v) is 8.76. The number of fused-ring (bicyclic) bond motifs is 1. The van der Waals surface area contributed by atoms with Crippen molar-refractivity contribution in [1.82, 2.24) is 9.97 Å². The maximum absolute atomic E-state index is 15.2. The van der Waals surface area contributed by atoms with Crippen LogP contribution in [0, 0.1) is 28.8 Å². The summed E-state index contributed by atoms with van der Waals surface area (Å²) in [6.45, 7) is 2.01. The van der Waals surface area contributed by atoms with Gasteiger partial charge < -0.3 is 0 Å². The number of nitriles is 1. The average Bonchev–Trinajstić information content (AvgIpc) is 2.88. The monoisotopic (exact) mass is 485 g/mol. The van der Waals surface area contributed by atoms with Gasteiger partial charge in [-0.25, -0.2) is 23.1 Å². The van der Waals surface area contributed by atoms with Gasteiger partial charge in [0.25, 0.3) is 0 Å². The van der Waals surface area contributed by atoms with Crippen LogP contribution in [-0.4, -0.2) is 9.97 Å². The second-order valence-electron chi connectivity index (χ2n) is 8.76. The fourth-order valence-electron chi connectivity index (χ4n) is 4.20. The van der Waals surface area contributed by atoms with Crippen molar-refractivity contribution >= 4 is 10.8 Å². The smallest absolute Gasteiger partial charge is 0.144 e. The molecule has 3 nitrogen and oxygen atoms in total. The van der Waals surface area contributed by atoms with Gasteiger partial charge in [0.15, 0.2) is 0 Å². The summed E-state index contributed by atoms with van der Waals surface area (Å²) in [6.07, 6.45) is 11.8. The predicted molar refractivity (Wildman–Crippen MR) is 135 cm³/mol. The number of allylic oxidation sites excluding steroid dienone is 2. The number of nitrogens with zero attached hydrogens (tertiary/aromatic N) is 3. The molecule has 0 atom stereocenters. The third kappa shape index (κ3) is 5.98. The molecule has 6 heteroatoms. The van der Waals surface area contributed by atoms with E-state index in [-0.39, 0.29) is 18.7 Å². The lowest BCUT2D eigenvalue weighted by molar-refractivity contribution is 0.572. The van der Waals surface area contributed by atoms with Crippen molar-refractivity contribution in [2.45, 2.75) is 45.4 Å². The fourth-order valence-corrected chi connectivity index (χ4v) is 4.20. The molecular formula is C30H26F3N3. The molecule has 0 N–H and O–H groups in total. The molecule has 0 fully saturated rings. The van der Waals surface area contributed by atoms with Gasteiger partial charge in [-0.15, -0.1) is 0 Å². The Morgan fingerprint density at radius 2 is 1.53 bits per heavy atom. The Balaban J connectivity index is 1.41. The van der Waals surface area contributed by atoms with Crippen molar-refractivity contribution in [2.24, 2.45) is 0 Å². The summed E-state index contributed by atoms with van der Waals surface area (Å²) in [4.78, 5) is 8.94. The van der Waals surface area contributed by atoms with E-state index in [0.29, 0.717) is 22.9 Å². The lowest BCUT2D eigenvalue weighted by Gasteiger charge is -2.09. The molecule has 36 heavy (non-hydrogen) atoms. The molecule has 1 aromatic heterocycles. The topological polar surface area (TPSA) is 49.6 Å². The summed E-state index contributed by atoms with van der Waals surface area (Å²) >= 11 is 0. The van der Waals surface area contributed by atoms with Gasteiger partial charge in [-0.1, -0.05) is 42.5 Å². The van der Waals surface area contributed by atoms with Crippen LogP contribution in [0.15, 0.2) is 67.0 Å². The molecule has 3 aromatic carbocycles. The maximum Gasteiger partial charge on any atom is 0.144 e. The van der Waals surface area contributed by atoms with E-state index in [1.807, 2.05) is 43.6 Å². The Labute approximate surface area is 209 Å². The Morgan fingerprint density at radius 3 is 2.22 bits per heavy atom. The van der Waals surface area contributed by atoms with E-state index in [9.17, 15) is 8.78 Å². The molecule has 0 bridgehead atoms. The molecule has 0 amide bonds. The van der Waals surface area contributed by atoms with Gasteiger partial charge in [0.1, 0.15) is 34.9 Å². The molecule has 0 saturated carbocycles. The summed E-state index contributed by atoms with van der Waals surface area (Å²) < 4.78 is 42.9. The summed E-state index contributed by atoms with van der Waals surface area (Å²) in [5.74, 6) is -1.35. The van der Waals surface area contributed by atoms with Crippen molar-refractivity contribution in [3.8, 4) is 6.07 Å². The average molecular weight is 486 g/mol. The molecule has 4 aromatic rings. The van der Waals surface area contributed by atoms with Crippen LogP contribution in [0.5, 0.6) is 0 Å². The molecule has 0 aliphatic heterocycles. The normalized spacial score (nSPS) is 11.3. The van der Waals surface area contributed by atoms with Gasteiger partial charge in [0.2, 0.25) is 0 Å². The van der Waals surface area contributed by atoms with Crippen LogP contribution in [0.2, 0.25) is 0 Å². The largest absolute Gasteiger partial charge is 0.241 e. The molecule has 0 unspecified atom stereocenters. The first-order valence-electron chi connectivity index (χ1n) is 12.0. The zero-order valence-corrected chi connectivity index (χ0v) is 20.1. The van der Waals surface area contributed by atoms with Gasteiger partial charge in [-0.05, 0) is 78.8 Å². The van der Waals surface area contributed by atoms with Crippen LogP contribution in [-0.2, 0) is 32.1 Å². The van der Waals surface area contributed by atoms with Crippen LogP contribution in [0.25, 0.3) is 10.8 Å². The summed E-state index contributed by atoms with van der Waals surface area (Å²) in [7, 11) is 0. The maximum atomic E-state index is 15.2. The van der Waals surface area contributed by atoms with Crippen molar-refractivity contribution in [2.75, 3.05) is 0 Å². The molecule has 0 saturated heterocycles. The minimum Gasteiger partial charge on any atom is -0.241 e. The number of hydrogen-bond acceptors (Lipinski definition) is 3. The molecule has 0 aliphatic rings. The quantitative estimate of drug-likeness (QED) is 0.240. The van der Waals surface area contributed by atoms with E-state index in [1.54, 1.807) is 12.1 Å². The third-order valence-corrected chi connectivity index (χ3v) is 6.23. The van der Waals surface area contributed by atoms with Crippen LogP contribution >= 0.6 is 0 Å². The Hall–Kier alpha value is -3.98. The molecule has 0 aliphatic carbocycles. The standard InChI is InChI=1S/C30H26F3N3/c1-2-3-4-5-22-18-35-29(36-19-22)13-8-20-7-12-25-24(14-20)11-10-23(30(25)33)9-6-21-15-27(31)26(17-34)28(32)16-21/h2-3,7,10-12,14-16,18-19H,4-6,8-9,13H2,1H3/b3-2+. The highest BCUT2D eigenvalue weighted by Gasteiger charge is 2.13. The SMILES string of the molecule is C/C=C/CCc1cnc(CCc2ccc3c(F)c(CCc4cc(F)c(C#N)c(F)c4)ccc3c2)nc1. The van der Waals surface area contributed by atoms with E-state index >= 15 is 4.39 Å². The minimum absolute atomic E-state index is 0.258. The molecule has 182 valence electrons. The summed E-state index contributed by atoms with van der Waals surface area (Å²) in [5, 5.41) is 10.1. The van der Waals surface area contributed by atoms with Crippen LogP contribution in [0.3, 0.4) is 0 Å². The van der Waals surface area contributed by atoms with Crippen molar-refractivity contribution in [3.05, 3.63) is 118 Å². The fraction of sp³-hybridized carbons (Fsp3) is 0.233. The lowest BCUT2D eigenvalue weighted by atomic mass is 9.97. The van der Waals surface area contributed by atoms with Crippen LogP contribution in [0.1, 0.15) is 47.0 Å². The first kappa shape index (κ1) is 25.1. The molecule has 0 spiro atoms. The Morgan fingerprint density at radius 1 is 0.806 bits per heavy atom. The zero-order valence-electron chi connectivity index (χ0n) is 20.1. The first-order chi connectivity index (χ1) is 17.5. The molecular weight excluding hydrogens is 459 g/mol. The minimum atomic E-state index is -0.898. The number of hydrogen-bond donors (Lipinski definition) is 0. The molecule has 1 heterocycles. The van der Waals surface area contributed by atoms with Gasteiger partial charge in [-0.2, -0.15) is 5.26 Å². The van der Waals surface area contributed by atoms with Crippen LogP contribution in [0.4, 0.5) is 13.2 Å². The van der Waals surface area contributed by atoms with Gasteiger partial charge in [0.05, 0.1) is 0 Å². The summed E-state index contributed by atoms with van der Waals surface area (Å²) in [5.41, 5.74) is 2.44. The van der Waals surface area contributed by atoms with E-state index in [0.717, 1.165) is 53.7 Å². The van der Waals surface area contributed by atoms with E-state index < -0.39 is 17.2 Å². The number of rotatable bonds is 9. The van der Waals surface area contributed by atoms with Crippen molar-refractivity contribution in [1.29, 1.82) is 5.26 Å². The highest BCUT2D eigenvalue weighted by molar-refractivity contribution is 5.84. The molecule has 4 rings (SSSR count). The highest BCUT2D eigenvalue weighted by atomic mass is 19.1. The van der Waals surface area contributed by atoms with E-state index in [1.165, 1.54) is 6.07 Å². The van der Waals surface area contributed by atoms with Gasteiger partial charge in [-0.3, -0.25) is 0 Å². The molecule has 0 radical (unpaired) electrons. The van der Waals surface area contributed by atoms with Gasteiger partial charge >= 0.3 is 0 Å². The third-order valence-electron chi connectivity index (χ3n) is 6.23. The summed E-state index contributed by atoms with van der Waals surface area (Å²) in [6, 6.07) is 13.0. The van der Waals surface area contributed by atoms with Crippen molar-refractivity contribution in [3.63, 3.8) is 0 Å². The highest BCUT2D eigenvalue weighted by Crippen LogP contribution is 2.25. The lowest BCUT2D eigenvalue weighted by Crippen LogP contribution is -2.00. The van der Waals surface area contributed by atoms with E-state index in [4.69, 9.17) is 5.26 Å². The van der Waals surface area contributed by atoms with Gasteiger partial charge in [0, 0.05) is 24.2 Å². The van der Waals surface area contributed by atoms with Crippen LogP contribution < -0.4 is 0 Å². The first-order valence-corrected chi connectivity index (χ1v) is 12.0. The zero-order chi connectivity index (χ0) is 25.5. The Kier molecular flexibility index (Phi) is 8.12. The number of halogens is 3. The van der Waals surface area contributed by atoms with Crippen molar-refractivity contribution < 1.29 is 13.2 Å². The number of benzene rings is 3. The number of aromatic nitrogens is 2. The second kappa shape index (κ2) is 11.6. The predicted octanol–water partition coefficient (Wildman–Crippen LogP) is 7.00.